The van der Waals surface area contributed by atoms with E-state index in [1.807, 2.05) is 32.0 Å². The van der Waals surface area contributed by atoms with Gasteiger partial charge in [-0.3, -0.25) is 9.59 Å². The average molecular weight is 304 g/mol. The van der Waals surface area contributed by atoms with Crippen molar-refractivity contribution in [1.82, 2.24) is 5.32 Å². The molecule has 1 amide bonds. The molecule has 1 aliphatic heterocycles. The SMILES string of the molecule is CC(NC(=O)C(C(C)C)N1CCCc2ccccc21)C(=O)O. The molecular weight excluding hydrogens is 280 g/mol. The number of amides is 1. The number of hydrogen-bond acceptors (Lipinski definition) is 3. The standard InChI is InChI=1S/C17H24N2O3/c1-11(2)15(16(20)18-12(3)17(21)22)19-10-6-8-13-7-4-5-9-14(13)19/h4-5,7,9,11-12,15H,6,8,10H2,1-3H3,(H,18,20)(H,21,22). The van der Waals surface area contributed by atoms with Crippen LogP contribution in [0.25, 0.3) is 0 Å². The molecule has 0 spiro atoms. The number of aliphatic carboxylic acids is 1. The van der Waals surface area contributed by atoms with Crippen LogP contribution in [0.2, 0.25) is 0 Å². The van der Waals surface area contributed by atoms with Crippen LogP contribution in [0.4, 0.5) is 5.69 Å². The van der Waals surface area contributed by atoms with Gasteiger partial charge in [-0.25, -0.2) is 0 Å². The first-order valence-corrected chi connectivity index (χ1v) is 7.79. The van der Waals surface area contributed by atoms with Crippen molar-refractivity contribution in [2.45, 2.75) is 45.7 Å². The molecular formula is C17H24N2O3. The number of carbonyl (C=O) groups excluding carboxylic acids is 1. The molecule has 0 bridgehead atoms. The number of para-hydroxylation sites is 1. The minimum Gasteiger partial charge on any atom is -0.480 e. The molecule has 1 aromatic rings. The summed E-state index contributed by atoms with van der Waals surface area (Å²) in [6.07, 6.45) is 2.02. The molecule has 5 nitrogen and oxygen atoms in total. The first-order chi connectivity index (χ1) is 10.4. The van der Waals surface area contributed by atoms with Crippen molar-refractivity contribution >= 4 is 17.6 Å². The molecule has 2 atom stereocenters. The van der Waals surface area contributed by atoms with Crippen LogP contribution >= 0.6 is 0 Å². The smallest absolute Gasteiger partial charge is 0.325 e. The lowest BCUT2D eigenvalue weighted by molar-refractivity contribution is -0.141. The minimum atomic E-state index is -1.02. The predicted molar refractivity (Wildman–Crippen MR) is 86.0 cm³/mol. The third-order valence-corrected chi connectivity index (χ3v) is 4.11. The molecule has 1 heterocycles. The first kappa shape index (κ1) is 16.3. The quantitative estimate of drug-likeness (QED) is 0.873. The number of carboxylic acid groups (broad SMARTS) is 1. The summed E-state index contributed by atoms with van der Waals surface area (Å²) in [7, 11) is 0. The molecule has 0 saturated carbocycles. The Hall–Kier alpha value is -2.04. The Morgan fingerprint density at radius 2 is 1.91 bits per heavy atom. The van der Waals surface area contributed by atoms with E-state index >= 15 is 0 Å². The lowest BCUT2D eigenvalue weighted by Crippen LogP contribution is -2.54. The van der Waals surface area contributed by atoms with E-state index in [9.17, 15) is 9.59 Å². The van der Waals surface area contributed by atoms with Gasteiger partial charge in [0.05, 0.1) is 0 Å². The number of nitrogens with zero attached hydrogens (tertiary/aromatic N) is 1. The summed E-state index contributed by atoms with van der Waals surface area (Å²) in [5.41, 5.74) is 2.34. The molecule has 2 N–H and O–H groups in total. The van der Waals surface area contributed by atoms with Gasteiger partial charge in [0.1, 0.15) is 12.1 Å². The van der Waals surface area contributed by atoms with E-state index in [1.54, 1.807) is 0 Å². The summed E-state index contributed by atoms with van der Waals surface area (Å²) in [4.78, 5) is 25.7. The zero-order chi connectivity index (χ0) is 16.3. The Morgan fingerprint density at radius 1 is 1.23 bits per heavy atom. The van der Waals surface area contributed by atoms with Crippen LogP contribution in [0.3, 0.4) is 0 Å². The number of nitrogens with one attached hydrogen (secondary N) is 1. The van der Waals surface area contributed by atoms with Crippen LogP contribution in [0.15, 0.2) is 24.3 Å². The monoisotopic (exact) mass is 304 g/mol. The molecule has 0 radical (unpaired) electrons. The van der Waals surface area contributed by atoms with E-state index in [2.05, 4.69) is 16.3 Å². The highest BCUT2D eigenvalue weighted by molar-refractivity contribution is 5.89. The van der Waals surface area contributed by atoms with Crippen LogP contribution in [-0.2, 0) is 16.0 Å². The largest absolute Gasteiger partial charge is 0.480 e. The van der Waals surface area contributed by atoms with Gasteiger partial charge in [-0.1, -0.05) is 32.0 Å². The third kappa shape index (κ3) is 3.40. The van der Waals surface area contributed by atoms with Crippen LogP contribution in [0, 0.1) is 5.92 Å². The number of anilines is 1. The molecule has 22 heavy (non-hydrogen) atoms. The van der Waals surface area contributed by atoms with Crippen LogP contribution in [0.1, 0.15) is 32.8 Å². The number of rotatable bonds is 5. The molecule has 1 aliphatic rings. The highest BCUT2D eigenvalue weighted by Gasteiger charge is 2.33. The molecule has 120 valence electrons. The zero-order valence-corrected chi connectivity index (χ0v) is 13.4. The van der Waals surface area contributed by atoms with E-state index in [0.717, 1.165) is 25.1 Å². The summed E-state index contributed by atoms with van der Waals surface area (Å²) >= 11 is 0. The summed E-state index contributed by atoms with van der Waals surface area (Å²) < 4.78 is 0. The van der Waals surface area contributed by atoms with E-state index in [0.29, 0.717) is 0 Å². The minimum absolute atomic E-state index is 0.0900. The fourth-order valence-electron chi connectivity index (χ4n) is 3.02. The van der Waals surface area contributed by atoms with Gasteiger partial charge in [0.2, 0.25) is 5.91 Å². The fourth-order valence-corrected chi connectivity index (χ4v) is 3.02. The van der Waals surface area contributed by atoms with Gasteiger partial charge in [0.25, 0.3) is 0 Å². The van der Waals surface area contributed by atoms with Gasteiger partial charge in [-0.2, -0.15) is 0 Å². The number of carboxylic acids is 1. The first-order valence-electron chi connectivity index (χ1n) is 7.79. The molecule has 1 aromatic carbocycles. The Kier molecular flexibility index (Phi) is 5.06. The van der Waals surface area contributed by atoms with E-state index in [4.69, 9.17) is 5.11 Å². The summed E-state index contributed by atoms with van der Waals surface area (Å²) in [6.45, 7) is 6.29. The van der Waals surface area contributed by atoms with Crippen LogP contribution < -0.4 is 10.2 Å². The van der Waals surface area contributed by atoms with Crippen molar-refractivity contribution < 1.29 is 14.7 Å². The van der Waals surface area contributed by atoms with Gasteiger partial charge in [0.15, 0.2) is 0 Å². The van der Waals surface area contributed by atoms with Gasteiger partial charge < -0.3 is 15.3 Å². The maximum atomic E-state index is 12.6. The maximum Gasteiger partial charge on any atom is 0.325 e. The maximum absolute atomic E-state index is 12.6. The van der Waals surface area contributed by atoms with Crippen molar-refractivity contribution in [2.24, 2.45) is 5.92 Å². The summed E-state index contributed by atoms with van der Waals surface area (Å²) in [5, 5.41) is 11.6. The second-order valence-corrected chi connectivity index (χ2v) is 6.18. The van der Waals surface area contributed by atoms with Crippen LogP contribution in [0.5, 0.6) is 0 Å². The van der Waals surface area contributed by atoms with Crippen molar-refractivity contribution in [3.63, 3.8) is 0 Å². The van der Waals surface area contributed by atoms with Crippen molar-refractivity contribution in [1.29, 1.82) is 0 Å². The molecule has 0 aliphatic carbocycles. The van der Waals surface area contributed by atoms with E-state index in [1.165, 1.54) is 12.5 Å². The van der Waals surface area contributed by atoms with Gasteiger partial charge in [-0.15, -0.1) is 0 Å². The summed E-state index contributed by atoms with van der Waals surface area (Å²) in [5.74, 6) is -1.15. The molecule has 0 aromatic heterocycles. The average Bonchev–Trinajstić information content (AvgIpc) is 2.47. The van der Waals surface area contributed by atoms with Gasteiger partial charge >= 0.3 is 5.97 Å². The highest BCUT2D eigenvalue weighted by Crippen LogP contribution is 2.30. The lowest BCUT2D eigenvalue weighted by Gasteiger charge is -2.39. The number of fused-ring (bicyclic) bond motifs is 1. The van der Waals surface area contributed by atoms with Crippen LogP contribution in [-0.4, -0.2) is 35.6 Å². The Bertz CT molecular complexity index is 557. The molecule has 0 fully saturated rings. The Labute approximate surface area is 131 Å². The van der Waals surface area contributed by atoms with Crippen molar-refractivity contribution in [3.8, 4) is 0 Å². The van der Waals surface area contributed by atoms with E-state index in [-0.39, 0.29) is 17.9 Å². The van der Waals surface area contributed by atoms with Gasteiger partial charge in [0, 0.05) is 12.2 Å². The van der Waals surface area contributed by atoms with Crippen molar-refractivity contribution in [2.75, 3.05) is 11.4 Å². The normalized spacial score (nSPS) is 16.8. The molecule has 2 unspecified atom stereocenters. The zero-order valence-electron chi connectivity index (χ0n) is 13.4. The molecule has 0 saturated heterocycles. The molecule has 5 heteroatoms. The van der Waals surface area contributed by atoms with E-state index < -0.39 is 12.0 Å². The number of carbonyl (C=O) groups is 2. The Balaban J connectivity index is 2.26. The topological polar surface area (TPSA) is 69.6 Å². The summed E-state index contributed by atoms with van der Waals surface area (Å²) in [6, 6.07) is 6.89. The Morgan fingerprint density at radius 3 is 2.55 bits per heavy atom. The second-order valence-electron chi connectivity index (χ2n) is 6.18. The van der Waals surface area contributed by atoms with Gasteiger partial charge in [-0.05, 0) is 37.3 Å². The van der Waals surface area contributed by atoms with Crippen molar-refractivity contribution in [3.05, 3.63) is 29.8 Å². The molecule has 2 rings (SSSR count). The number of aryl methyl sites for hydroxylation is 1. The predicted octanol–water partition coefficient (Wildman–Crippen LogP) is 2.05. The lowest BCUT2D eigenvalue weighted by atomic mass is 9.94. The number of hydrogen-bond donors (Lipinski definition) is 2. The third-order valence-electron chi connectivity index (χ3n) is 4.11. The number of benzene rings is 1. The fraction of sp³-hybridized carbons (Fsp3) is 0.529. The highest BCUT2D eigenvalue weighted by atomic mass is 16.4. The second kappa shape index (κ2) is 6.81.